The van der Waals surface area contributed by atoms with E-state index in [1.807, 2.05) is 6.07 Å². The van der Waals surface area contributed by atoms with Crippen molar-refractivity contribution in [1.82, 2.24) is 10.3 Å². The molecule has 1 aliphatic carbocycles. The monoisotopic (exact) mass is 262 g/mol. The second-order valence-electron chi connectivity index (χ2n) is 4.76. The van der Waals surface area contributed by atoms with E-state index in [9.17, 15) is 0 Å². The molecule has 18 heavy (non-hydrogen) atoms. The summed E-state index contributed by atoms with van der Waals surface area (Å²) in [4.78, 5) is 6.25. The van der Waals surface area contributed by atoms with Crippen LogP contribution in [0, 0.1) is 6.92 Å². The number of aryl methyl sites for hydroxylation is 2. The zero-order valence-corrected chi connectivity index (χ0v) is 11.6. The molecular weight excluding hydrogens is 244 g/mol. The molecule has 0 amide bonds. The van der Waals surface area contributed by atoms with Gasteiger partial charge >= 0.3 is 0 Å². The maximum absolute atomic E-state index is 5.55. The summed E-state index contributed by atoms with van der Waals surface area (Å²) >= 11 is 1.79. The van der Waals surface area contributed by atoms with E-state index in [1.165, 1.54) is 29.0 Å². The predicted octanol–water partition coefficient (Wildman–Crippen LogP) is 3.70. The SMILES string of the molecule is CCNC1CCCc2sc(-c3occc3C)nc21. The quantitative estimate of drug-likeness (QED) is 0.916. The lowest BCUT2D eigenvalue weighted by Gasteiger charge is -2.21. The van der Waals surface area contributed by atoms with Crippen LogP contribution in [0.1, 0.15) is 41.9 Å². The smallest absolute Gasteiger partial charge is 0.165 e. The number of thiazole rings is 1. The third-order valence-electron chi connectivity index (χ3n) is 3.46. The molecule has 0 spiro atoms. The van der Waals surface area contributed by atoms with Gasteiger partial charge in [-0.3, -0.25) is 0 Å². The van der Waals surface area contributed by atoms with Crippen LogP contribution in [0.5, 0.6) is 0 Å². The molecule has 3 rings (SSSR count). The topological polar surface area (TPSA) is 38.1 Å². The van der Waals surface area contributed by atoms with Crippen molar-refractivity contribution in [2.75, 3.05) is 6.54 Å². The Labute approximate surface area is 111 Å². The average molecular weight is 262 g/mol. The third-order valence-corrected chi connectivity index (χ3v) is 4.59. The van der Waals surface area contributed by atoms with Crippen LogP contribution in [0.2, 0.25) is 0 Å². The second kappa shape index (κ2) is 4.86. The molecule has 0 aliphatic heterocycles. The fourth-order valence-corrected chi connectivity index (χ4v) is 3.77. The molecule has 0 fully saturated rings. The van der Waals surface area contributed by atoms with E-state index in [0.717, 1.165) is 23.7 Å². The van der Waals surface area contributed by atoms with Crippen LogP contribution >= 0.6 is 11.3 Å². The van der Waals surface area contributed by atoms with Crippen molar-refractivity contribution in [3.05, 3.63) is 28.5 Å². The summed E-state index contributed by atoms with van der Waals surface area (Å²) in [6, 6.07) is 2.43. The summed E-state index contributed by atoms with van der Waals surface area (Å²) in [5, 5.41) is 4.56. The van der Waals surface area contributed by atoms with Gasteiger partial charge in [-0.15, -0.1) is 11.3 Å². The fourth-order valence-electron chi connectivity index (χ4n) is 2.55. The van der Waals surface area contributed by atoms with Crippen molar-refractivity contribution in [3.63, 3.8) is 0 Å². The number of nitrogens with one attached hydrogen (secondary N) is 1. The fraction of sp³-hybridized carbons (Fsp3) is 0.500. The van der Waals surface area contributed by atoms with E-state index in [2.05, 4.69) is 19.2 Å². The zero-order valence-electron chi connectivity index (χ0n) is 10.8. The van der Waals surface area contributed by atoms with E-state index < -0.39 is 0 Å². The summed E-state index contributed by atoms with van der Waals surface area (Å²) < 4.78 is 5.55. The van der Waals surface area contributed by atoms with Gasteiger partial charge in [-0.25, -0.2) is 4.98 Å². The molecule has 96 valence electrons. The van der Waals surface area contributed by atoms with Crippen LogP contribution in [0.15, 0.2) is 16.7 Å². The minimum Gasteiger partial charge on any atom is -0.462 e. The van der Waals surface area contributed by atoms with Gasteiger partial charge in [0.15, 0.2) is 10.8 Å². The standard InChI is InChI=1S/C14H18N2OS/c1-3-15-10-5-4-6-11-12(10)16-14(18-11)13-9(2)7-8-17-13/h7-8,10,15H,3-6H2,1-2H3. The van der Waals surface area contributed by atoms with Gasteiger partial charge < -0.3 is 9.73 Å². The third kappa shape index (κ3) is 1.99. The van der Waals surface area contributed by atoms with E-state index in [0.29, 0.717) is 6.04 Å². The lowest BCUT2D eigenvalue weighted by atomic mass is 9.98. The molecule has 2 aromatic rings. The Bertz CT molecular complexity index is 544. The highest BCUT2D eigenvalue weighted by Crippen LogP contribution is 2.38. The largest absolute Gasteiger partial charge is 0.462 e. The van der Waals surface area contributed by atoms with Crippen LogP contribution in [0.25, 0.3) is 10.8 Å². The van der Waals surface area contributed by atoms with E-state index >= 15 is 0 Å². The first-order chi connectivity index (χ1) is 8.79. The summed E-state index contributed by atoms with van der Waals surface area (Å²) in [5.74, 6) is 0.935. The van der Waals surface area contributed by atoms with Crippen molar-refractivity contribution < 1.29 is 4.42 Å². The molecule has 2 aromatic heterocycles. The van der Waals surface area contributed by atoms with Crippen molar-refractivity contribution in [1.29, 1.82) is 0 Å². The minimum atomic E-state index is 0.430. The molecule has 3 nitrogen and oxygen atoms in total. The number of hydrogen-bond donors (Lipinski definition) is 1. The molecular formula is C14H18N2OS. The summed E-state index contributed by atoms with van der Waals surface area (Å²) in [6.07, 6.45) is 5.35. The highest BCUT2D eigenvalue weighted by Gasteiger charge is 2.25. The molecule has 1 unspecified atom stereocenters. The average Bonchev–Trinajstić information content (AvgIpc) is 2.95. The van der Waals surface area contributed by atoms with Gasteiger partial charge in [0.1, 0.15) is 0 Å². The van der Waals surface area contributed by atoms with Crippen LogP contribution in [0.4, 0.5) is 0 Å². The maximum Gasteiger partial charge on any atom is 0.165 e. The van der Waals surface area contributed by atoms with Crippen molar-refractivity contribution >= 4 is 11.3 Å². The summed E-state index contributed by atoms with van der Waals surface area (Å²) in [5.41, 5.74) is 2.42. The Kier molecular flexibility index (Phi) is 3.22. The van der Waals surface area contributed by atoms with Crippen LogP contribution in [0.3, 0.4) is 0 Å². The van der Waals surface area contributed by atoms with E-state index in [-0.39, 0.29) is 0 Å². The molecule has 1 aliphatic rings. The second-order valence-corrected chi connectivity index (χ2v) is 5.85. The number of hydrogen-bond acceptors (Lipinski definition) is 4. The summed E-state index contributed by atoms with van der Waals surface area (Å²) in [7, 11) is 0. The number of nitrogens with zero attached hydrogens (tertiary/aromatic N) is 1. The Balaban J connectivity index is 1.98. The lowest BCUT2D eigenvalue weighted by molar-refractivity contribution is 0.465. The van der Waals surface area contributed by atoms with Crippen molar-refractivity contribution in [2.24, 2.45) is 0 Å². The molecule has 0 bridgehead atoms. The molecule has 0 aromatic carbocycles. The highest BCUT2D eigenvalue weighted by molar-refractivity contribution is 7.15. The number of rotatable bonds is 3. The first-order valence-corrected chi connectivity index (χ1v) is 7.38. The highest BCUT2D eigenvalue weighted by atomic mass is 32.1. The van der Waals surface area contributed by atoms with Crippen LogP contribution in [-0.2, 0) is 6.42 Å². The molecule has 4 heteroatoms. The Morgan fingerprint density at radius 3 is 3.17 bits per heavy atom. The number of furan rings is 1. The Morgan fingerprint density at radius 1 is 1.56 bits per heavy atom. The molecule has 1 atom stereocenters. The normalized spacial score (nSPS) is 18.9. The van der Waals surface area contributed by atoms with Gasteiger partial charge in [-0.2, -0.15) is 0 Å². The number of fused-ring (bicyclic) bond motifs is 1. The van der Waals surface area contributed by atoms with Crippen molar-refractivity contribution in [2.45, 2.75) is 39.2 Å². The molecule has 0 saturated carbocycles. The lowest BCUT2D eigenvalue weighted by Crippen LogP contribution is -2.24. The zero-order chi connectivity index (χ0) is 12.5. The predicted molar refractivity (Wildman–Crippen MR) is 73.9 cm³/mol. The Morgan fingerprint density at radius 2 is 2.44 bits per heavy atom. The van der Waals surface area contributed by atoms with Crippen molar-refractivity contribution in [3.8, 4) is 10.8 Å². The summed E-state index contributed by atoms with van der Waals surface area (Å²) in [6.45, 7) is 5.22. The Hall–Kier alpha value is -1.13. The molecule has 1 N–H and O–H groups in total. The van der Waals surface area contributed by atoms with E-state index in [1.54, 1.807) is 17.6 Å². The van der Waals surface area contributed by atoms with Crippen LogP contribution < -0.4 is 5.32 Å². The van der Waals surface area contributed by atoms with Crippen LogP contribution in [-0.4, -0.2) is 11.5 Å². The first-order valence-electron chi connectivity index (χ1n) is 6.57. The molecule has 2 heterocycles. The van der Waals surface area contributed by atoms with Gasteiger partial charge in [0.2, 0.25) is 0 Å². The maximum atomic E-state index is 5.55. The van der Waals surface area contributed by atoms with Gasteiger partial charge in [-0.1, -0.05) is 6.92 Å². The molecule has 0 saturated heterocycles. The van der Waals surface area contributed by atoms with Gasteiger partial charge in [-0.05, 0) is 44.4 Å². The van der Waals surface area contributed by atoms with Gasteiger partial charge in [0.25, 0.3) is 0 Å². The van der Waals surface area contributed by atoms with Gasteiger partial charge in [0.05, 0.1) is 18.0 Å². The van der Waals surface area contributed by atoms with Gasteiger partial charge in [0, 0.05) is 4.88 Å². The molecule has 0 radical (unpaired) electrons. The first kappa shape index (κ1) is 11.9. The van der Waals surface area contributed by atoms with E-state index in [4.69, 9.17) is 9.40 Å². The minimum absolute atomic E-state index is 0.430. The number of aromatic nitrogens is 1.